The molecule has 118 valence electrons. The first-order valence-electron chi connectivity index (χ1n) is 8.01. The Balaban J connectivity index is 1.59. The third-order valence-corrected chi connectivity index (χ3v) is 4.55. The number of aryl methyl sites for hydroxylation is 1. The lowest BCUT2D eigenvalue weighted by Gasteiger charge is -2.33. The number of carbonyl (C=O) groups is 2. The summed E-state index contributed by atoms with van der Waals surface area (Å²) in [5.74, 6) is 0.290. The van der Waals surface area contributed by atoms with Crippen molar-refractivity contribution in [1.82, 2.24) is 9.80 Å². The number of hydrogen-bond donors (Lipinski definition) is 1. The Kier molecular flexibility index (Phi) is 4.43. The lowest BCUT2D eigenvalue weighted by atomic mass is 9.99. The Morgan fingerprint density at radius 2 is 1.95 bits per heavy atom. The second kappa shape index (κ2) is 6.48. The van der Waals surface area contributed by atoms with Gasteiger partial charge in [0.05, 0.1) is 6.54 Å². The molecule has 0 atom stereocenters. The molecule has 0 saturated carbocycles. The minimum absolute atomic E-state index is 0.119. The van der Waals surface area contributed by atoms with E-state index in [1.807, 2.05) is 23.1 Å². The van der Waals surface area contributed by atoms with E-state index >= 15 is 0 Å². The van der Waals surface area contributed by atoms with E-state index in [0.717, 1.165) is 56.8 Å². The van der Waals surface area contributed by atoms with Crippen molar-refractivity contribution in [2.45, 2.75) is 19.8 Å². The van der Waals surface area contributed by atoms with Gasteiger partial charge in [-0.05, 0) is 36.6 Å². The van der Waals surface area contributed by atoms with E-state index in [2.05, 4.69) is 10.2 Å². The molecule has 5 nitrogen and oxygen atoms in total. The Labute approximate surface area is 131 Å². The average molecular weight is 301 g/mol. The number of carbonyl (C=O) groups excluding carboxylic acids is 2. The van der Waals surface area contributed by atoms with E-state index in [1.54, 1.807) is 6.92 Å². The summed E-state index contributed by atoms with van der Waals surface area (Å²) in [6.45, 7) is 6.05. The van der Waals surface area contributed by atoms with Gasteiger partial charge in [-0.25, -0.2) is 0 Å². The van der Waals surface area contributed by atoms with Crippen molar-refractivity contribution < 1.29 is 9.59 Å². The number of piperazine rings is 1. The first-order chi connectivity index (χ1) is 10.6. The number of nitrogens with zero attached hydrogens (tertiary/aromatic N) is 2. The SMILES string of the molecule is CC(=O)N1CCN(CC(=O)c2ccc3c(c2)CCCN3)CC1. The average Bonchev–Trinajstić information content (AvgIpc) is 2.55. The number of amides is 1. The summed E-state index contributed by atoms with van der Waals surface area (Å²) in [5, 5.41) is 3.37. The van der Waals surface area contributed by atoms with Crippen molar-refractivity contribution in [3.05, 3.63) is 29.3 Å². The van der Waals surface area contributed by atoms with Crippen molar-refractivity contribution >= 4 is 17.4 Å². The van der Waals surface area contributed by atoms with E-state index in [1.165, 1.54) is 5.56 Å². The van der Waals surface area contributed by atoms with E-state index < -0.39 is 0 Å². The molecule has 1 N–H and O–H groups in total. The molecule has 5 heteroatoms. The van der Waals surface area contributed by atoms with Crippen LogP contribution in [0.1, 0.15) is 29.3 Å². The van der Waals surface area contributed by atoms with Gasteiger partial charge in [0, 0.05) is 50.9 Å². The topological polar surface area (TPSA) is 52.7 Å². The summed E-state index contributed by atoms with van der Waals surface area (Å²) in [6.07, 6.45) is 2.17. The molecule has 1 aromatic carbocycles. The van der Waals surface area contributed by atoms with Crippen LogP contribution in [0.25, 0.3) is 0 Å². The molecule has 1 saturated heterocycles. The van der Waals surface area contributed by atoms with Gasteiger partial charge in [0.15, 0.2) is 5.78 Å². The van der Waals surface area contributed by atoms with Crippen molar-refractivity contribution in [3.63, 3.8) is 0 Å². The summed E-state index contributed by atoms with van der Waals surface area (Å²) in [5.41, 5.74) is 3.22. The second-order valence-corrected chi connectivity index (χ2v) is 6.11. The molecule has 22 heavy (non-hydrogen) atoms. The lowest BCUT2D eigenvalue weighted by molar-refractivity contribution is -0.130. The molecule has 0 unspecified atom stereocenters. The van der Waals surface area contributed by atoms with Gasteiger partial charge in [0.25, 0.3) is 0 Å². The first-order valence-corrected chi connectivity index (χ1v) is 8.01. The summed E-state index contributed by atoms with van der Waals surface area (Å²) in [7, 11) is 0. The van der Waals surface area contributed by atoms with Gasteiger partial charge < -0.3 is 10.2 Å². The first kappa shape index (κ1) is 15.0. The molecular formula is C17H23N3O2. The van der Waals surface area contributed by atoms with Crippen molar-refractivity contribution in [3.8, 4) is 0 Å². The number of nitrogens with one attached hydrogen (secondary N) is 1. The molecular weight excluding hydrogens is 278 g/mol. The van der Waals surface area contributed by atoms with Crippen LogP contribution >= 0.6 is 0 Å². The Morgan fingerprint density at radius 3 is 2.68 bits per heavy atom. The fourth-order valence-corrected chi connectivity index (χ4v) is 3.16. The van der Waals surface area contributed by atoms with Gasteiger partial charge >= 0.3 is 0 Å². The van der Waals surface area contributed by atoms with Crippen LogP contribution < -0.4 is 5.32 Å². The molecule has 1 fully saturated rings. The molecule has 2 aliphatic heterocycles. The molecule has 0 bridgehead atoms. The molecule has 1 aromatic rings. The molecule has 0 spiro atoms. The second-order valence-electron chi connectivity index (χ2n) is 6.11. The number of fused-ring (bicyclic) bond motifs is 1. The maximum absolute atomic E-state index is 12.5. The normalized spacial score (nSPS) is 18.5. The number of anilines is 1. The van der Waals surface area contributed by atoms with Crippen LogP contribution in [-0.4, -0.2) is 60.8 Å². The highest BCUT2D eigenvalue weighted by atomic mass is 16.2. The highest BCUT2D eigenvalue weighted by molar-refractivity contribution is 5.98. The minimum Gasteiger partial charge on any atom is -0.385 e. The van der Waals surface area contributed by atoms with Gasteiger partial charge in [-0.15, -0.1) is 0 Å². The smallest absolute Gasteiger partial charge is 0.219 e. The molecule has 2 heterocycles. The number of ketones is 1. The lowest BCUT2D eigenvalue weighted by Crippen LogP contribution is -2.49. The maximum atomic E-state index is 12.5. The van der Waals surface area contributed by atoms with Gasteiger partial charge in [0.2, 0.25) is 5.91 Å². The largest absolute Gasteiger partial charge is 0.385 e. The quantitative estimate of drug-likeness (QED) is 0.857. The van der Waals surface area contributed by atoms with Crippen LogP contribution in [0, 0.1) is 0 Å². The zero-order chi connectivity index (χ0) is 15.5. The fourth-order valence-electron chi connectivity index (χ4n) is 3.16. The highest BCUT2D eigenvalue weighted by Crippen LogP contribution is 2.23. The zero-order valence-electron chi connectivity index (χ0n) is 13.1. The van der Waals surface area contributed by atoms with E-state index in [0.29, 0.717) is 6.54 Å². The Bertz CT molecular complexity index is 577. The fraction of sp³-hybridized carbons (Fsp3) is 0.529. The number of rotatable bonds is 3. The third kappa shape index (κ3) is 3.30. The summed E-state index contributed by atoms with van der Waals surface area (Å²) < 4.78 is 0. The van der Waals surface area contributed by atoms with Gasteiger partial charge in [-0.3, -0.25) is 14.5 Å². The number of Topliss-reactive ketones (excluding diaryl/α,β-unsaturated/α-hetero) is 1. The van der Waals surface area contributed by atoms with Crippen molar-refractivity contribution in [2.75, 3.05) is 44.6 Å². The van der Waals surface area contributed by atoms with Crippen LogP contribution in [0.4, 0.5) is 5.69 Å². The molecule has 2 aliphatic rings. The standard InChI is InChI=1S/C17H23N3O2/c1-13(21)20-9-7-19(8-10-20)12-17(22)15-4-5-16-14(11-15)3-2-6-18-16/h4-5,11,18H,2-3,6-10,12H2,1H3. The predicted molar refractivity (Wildman–Crippen MR) is 86.3 cm³/mol. The van der Waals surface area contributed by atoms with Crippen LogP contribution in [0.5, 0.6) is 0 Å². The summed E-state index contributed by atoms with van der Waals surface area (Å²) in [4.78, 5) is 27.8. The van der Waals surface area contributed by atoms with Crippen molar-refractivity contribution in [2.24, 2.45) is 0 Å². The molecule has 0 radical (unpaired) electrons. The minimum atomic E-state index is 0.119. The number of benzene rings is 1. The van der Waals surface area contributed by atoms with Crippen LogP contribution in [0.15, 0.2) is 18.2 Å². The van der Waals surface area contributed by atoms with E-state index in [9.17, 15) is 9.59 Å². The monoisotopic (exact) mass is 301 g/mol. The Morgan fingerprint density at radius 1 is 1.18 bits per heavy atom. The zero-order valence-corrected chi connectivity index (χ0v) is 13.1. The van der Waals surface area contributed by atoms with Crippen LogP contribution in [0.3, 0.4) is 0 Å². The Hall–Kier alpha value is -1.88. The molecule has 1 amide bonds. The third-order valence-electron chi connectivity index (χ3n) is 4.55. The highest BCUT2D eigenvalue weighted by Gasteiger charge is 2.21. The van der Waals surface area contributed by atoms with Gasteiger partial charge in [0.1, 0.15) is 0 Å². The molecule has 3 rings (SSSR count). The number of hydrogen-bond acceptors (Lipinski definition) is 4. The molecule has 0 aromatic heterocycles. The summed E-state index contributed by atoms with van der Waals surface area (Å²) >= 11 is 0. The van der Waals surface area contributed by atoms with Crippen molar-refractivity contribution in [1.29, 1.82) is 0 Å². The van der Waals surface area contributed by atoms with Gasteiger partial charge in [-0.1, -0.05) is 0 Å². The predicted octanol–water partition coefficient (Wildman–Crippen LogP) is 1.39. The van der Waals surface area contributed by atoms with Crippen LogP contribution in [-0.2, 0) is 11.2 Å². The van der Waals surface area contributed by atoms with Gasteiger partial charge in [-0.2, -0.15) is 0 Å². The molecule has 0 aliphatic carbocycles. The van der Waals surface area contributed by atoms with E-state index in [-0.39, 0.29) is 11.7 Å². The van der Waals surface area contributed by atoms with E-state index in [4.69, 9.17) is 0 Å². The maximum Gasteiger partial charge on any atom is 0.219 e. The summed E-state index contributed by atoms with van der Waals surface area (Å²) in [6, 6.07) is 5.98. The van der Waals surface area contributed by atoms with Crippen LogP contribution in [0.2, 0.25) is 0 Å².